The highest BCUT2D eigenvalue weighted by molar-refractivity contribution is 6.13. The molecule has 0 spiro atoms. The third-order valence-corrected chi connectivity index (χ3v) is 4.72. The van der Waals surface area contributed by atoms with Gasteiger partial charge >= 0.3 is 5.97 Å². The van der Waals surface area contributed by atoms with Crippen molar-refractivity contribution in [3.63, 3.8) is 0 Å². The van der Waals surface area contributed by atoms with E-state index >= 15 is 0 Å². The normalized spacial score (nSPS) is 10.3. The van der Waals surface area contributed by atoms with Crippen LogP contribution in [0, 0.1) is 11.3 Å². The number of esters is 1. The first kappa shape index (κ1) is 24.7. The minimum Gasteiger partial charge on any atom is -0.493 e. The minimum atomic E-state index is -0.724. The monoisotopic (exact) mass is 470 g/mol. The number of methoxy groups -OCH3 is 1. The molecule has 0 heterocycles. The molecule has 0 bridgehead atoms. The first-order chi connectivity index (χ1) is 17.0. The Morgan fingerprint density at radius 3 is 2.46 bits per heavy atom. The Hall–Kier alpha value is -4.90. The van der Waals surface area contributed by atoms with Gasteiger partial charge in [-0.2, -0.15) is 5.26 Å². The predicted molar refractivity (Wildman–Crippen MR) is 129 cm³/mol. The van der Waals surface area contributed by atoms with Crippen LogP contribution < -0.4 is 14.8 Å². The van der Waals surface area contributed by atoms with E-state index in [-0.39, 0.29) is 12.4 Å². The second kappa shape index (κ2) is 12.4. The van der Waals surface area contributed by atoms with Crippen molar-refractivity contribution in [1.29, 1.82) is 5.26 Å². The zero-order valence-electron chi connectivity index (χ0n) is 18.9. The second-order valence-electron chi connectivity index (χ2n) is 7.09. The lowest BCUT2D eigenvalue weighted by Gasteiger charge is -2.10. The summed E-state index contributed by atoms with van der Waals surface area (Å²) in [5.41, 5.74) is 1.77. The van der Waals surface area contributed by atoms with E-state index in [9.17, 15) is 14.4 Å². The highest BCUT2D eigenvalue weighted by Gasteiger charge is 2.15. The van der Waals surface area contributed by atoms with Crippen LogP contribution in [0.2, 0.25) is 0 Å². The molecule has 3 rings (SSSR count). The molecule has 176 valence electrons. The van der Waals surface area contributed by atoms with Gasteiger partial charge in [-0.25, -0.2) is 4.79 Å². The molecule has 0 fully saturated rings. The molecule has 0 unspecified atom stereocenters. The highest BCUT2D eigenvalue weighted by Crippen LogP contribution is 2.28. The number of nitriles is 1. The average molecular weight is 470 g/mol. The number of nitrogens with zero attached hydrogens (tertiary/aromatic N) is 1. The van der Waals surface area contributed by atoms with Crippen LogP contribution in [0.5, 0.6) is 11.5 Å². The molecule has 8 heteroatoms. The van der Waals surface area contributed by atoms with Crippen molar-refractivity contribution in [3.05, 3.63) is 95.6 Å². The standard InChI is InChI=1S/C27H22N2O6/c1-33-24-17-19(11-13-23(24)34-16-15-28)12-14-26(31)35-18-25(30)29-22-10-6-5-9-21(22)27(32)20-7-3-2-4-8-20/h2-14,17H,16,18H2,1H3,(H,29,30)/b14-12+. The fourth-order valence-electron chi connectivity index (χ4n) is 3.09. The van der Waals surface area contributed by atoms with Gasteiger partial charge in [0, 0.05) is 17.2 Å². The molecule has 8 nitrogen and oxygen atoms in total. The van der Waals surface area contributed by atoms with Gasteiger partial charge in [-0.1, -0.05) is 48.5 Å². The molecule has 3 aromatic rings. The van der Waals surface area contributed by atoms with Gasteiger partial charge in [0.1, 0.15) is 6.07 Å². The van der Waals surface area contributed by atoms with Crippen LogP contribution in [-0.2, 0) is 14.3 Å². The van der Waals surface area contributed by atoms with Crippen molar-refractivity contribution in [2.75, 3.05) is 25.6 Å². The van der Waals surface area contributed by atoms with E-state index in [0.717, 1.165) is 0 Å². The summed E-state index contributed by atoms with van der Waals surface area (Å²) in [6.45, 7) is -0.647. The molecule has 0 aromatic heterocycles. The Kier molecular flexibility index (Phi) is 8.74. The van der Waals surface area contributed by atoms with Crippen molar-refractivity contribution in [3.8, 4) is 17.6 Å². The fourth-order valence-corrected chi connectivity index (χ4v) is 3.09. The number of hydrogen-bond donors (Lipinski definition) is 1. The molecular formula is C27H22N2O6. The molecule has 0 atom stereocenters. The maximum Gasteiger partial charge on any atom is 0.331 e. The van der Waals surface area contributed by atoms with Crippen LogP contribution in [0.1, 0.15) is 21.5 Å². The third-order valence-electron chi connectivity index (χ3n) is 4.72. The molecular weight excluding hydrogens is 448 g/mol. The van der Waals surface area contributed by atoms with E-state index in [2.05, 4.69) is 5.32 Å². The Labute approximate surface area is 202 Å². The Morgan fingerprint density at radius 1 is 0.971 bits per heavy atom. The molecule has 3 aromatic carbocycles. The van der Waals surface area contributed by atoms with Gasteiger partial charge < -0.3 is 19.5 Å². The number of amides is 1. The van der Waals surface area contributed by atoms with E-state index < -0.39 is 18.5 Å². The maximum absolute atomic E-state index is 12.8. The molecule has 0 saturated heterocycles. The number of ketones is 1. The number of hydrogen-bond acceptors (Lipinski definition) is 7. The van der Waals surface area contributed by atoms with Gasteiger partial charge in [-0.3, -0.25) is 9.59 Å². The largest absolute Gasteiger partial charge is 0.493 e. The molecule has 1 amide bonds. The van der Waals surface area contributed by atoms with Crippen LogP contribution >= 0.6 is 0 Å². The zero-order chi connectivity index (χ0) is 25.0. The van der Waals surface area contributed by atoms with Crippen molar-refractivity contribution >= 4 is 29.4 Å². The number of carbonyl (C=O) groups excluding carboxylic acids is 3. The van der Waals surface area contributed by atoms with Gasteiger partial charge in [0.25, 0.3) is 5.91 Å². The van der Waals surface area contributed by atoms with Crippen molar-refractivity contribution < 1.29 is 28.6 Å². The SMILES string of the molecule is COc1cc(/C=C/C(=O)OCC(=O)Nc2ccccc2C(=O)c2ccccc2)ccc1OCC#N. The van der Waals surface area contributed by atoms with E-state index in [1.54, 1.807) is 66.7 Å². The first-order valence-corrected chi connectivity index (χ1v) is 10.5. The quantitative estimate of drug-likeness (QED) is 0.270. The van der Waals surface area contributed by atoms with Crippen LogP contribution in [-0.4, -0.2) is 38.0 Å². The maximum atomic E-state index is 12.8. The summed E-state index contributed by atoms with van der Waals surface area (Å²) >= 11 is 0. The molecule has 0 aliphatic rings. The average Bonchev–Trinajstić information content (AvgIpc) is 2.90. The van der Waals surface area contributed by atoms with E-state index in [4.69, 9.17) is 19.5 Å². The lowest BCUT2D eigenvalue weighted by molar-refractivity contribution is -0.142. The molecule has 35 heavy (non-hydrogen) atoms. The molecule has 1 N–H and O–H groups in total. The van der Waals surface area contributed by atoms with Crippen LogP contribution in [0.3, 0.4) is 0 Å². The number of benzene rings is 3. The topological polar surface area (TPSA) is 115 Å². The number of carbonyl (C=O) groups is 3. The number of anilines is 1. The van der Waals surface area contributed by atoms with E-state index in [1.807, 2.05) is 12.1 Å². The number of nitrogens with one attached hydrogen (secondary N) is 1. The summed E-state index contributed by atoms with van der Waals surface area (Å²) in [5.74, 6) is -0.741. The van der Waals surface area contributed by atoms with Crippen molar-refractivity contribution in [2.24, 2.45) is 0 Å². The predicted octanol–water partition coefficient (Wildman–Crippen LogP) is 4.02. The lowest BCUT2D eigenvalue weighted by atomic mass is 10.0. The van der Waals surface area contributed by atoms with Gasteiger partial charge in [-0.15, -0.1) is 0 Å². The minimum absolute atomic E-state index is 0.120. The van der Waals surface area contributed by atoms with Crippen LogP contribution in [0.15, 0.2) is 78.9 Å². The summed E-state index contributed by atoms with van der Waals surface area (Å²) < 4.78 is 15.5. The summed E-state index contributed by atoms with van der Waals surface area (Å²) in [7, 11) is 1.46. The van der Waals surface area contributed by atoms with Crippen LogP contribution in [0.25, 0.3) is 6.08 Å². The number of ether oxygens (including phenoxy) is 3. The summed E-state index contributed by atoms with van der Waals surface area (Å²) in [4.78, 5) is 37.2. The van der Waals surface area contributed by atoms with Crippen molar-refractivity contribution in [2.45, 2.75) is 0 Å². The van der Waals surface area contributed by atoms with Gasteiger partial charge in [0.15, 0.2) is 30.5 Å². The Morgan fingerprint density at radius 2 is 1.71 bits per heavy atom. The lowest BCUT2D eigenvalue weighted by Crippen LogP contribution is -2.21. The highest BCUT2D eigenvalue weighted by atomic mass is 16.5. The molecule has 0 aliphatic carbocycles. The summed E-state index contributed by atoms with van der Waals surface area (Å²) in [5, 5.41) is 11.2. The number of rotatable bonds is 10. The van der Waals surface area contributed by atoms with E-state index in [1.165, 1.54) is 19.3 Å². The second-order valence-corrected chi connectivity index (χ2v) is 7.09. The molecule has 0 radical (unpaired) electrons. The summed E-state index contributed by atoms with van der Waals surface area (Å²) in [6, 6.07) is 22.1. The molecule has 0 aliphatic heterocycles. The zero-order valence-corrected chi connectivity index (χ0v) is 18.9. The first-order valence-electron chi connectivity index (χ1n) is 10.5. The summed E-state index contributed by atoms with van der Waals surface area (Å²) in [6.07, 6.45) is 2.66. The number of para-hydroxylation sites is 1. The Balaban J connectivity index is 1.57. The van der Waals surface area contributed by atoms with E-state index in [0.29, 0.717) is 33.9 Å². The third kappa shape index (κ3) is 7.04. The van der Waals surface area contributed by atoms with Crippen LogP contribution in [0.4, 0.5) is 5.69 Å². The van der Waals surface area contributed by atoms with Gasteiger partial charge in [0.05, 0.1) is 12.8 Å². The van der Waals surface area contributed by atoms with Gasteiger partial charge in [-0.05, 0) is 35.9 Å². The fraction of sp³-hybridized carbons (Fsp3) is 0.111. The Bertz CT molecular complexity index is 1280. The smallest absolute Gasteiger partial charge is 0.331 e. The van der Waals surface area contributed by atoms with Crippen molar-refractivity contribution in [1.82, 2.24) is 0 Å². The molecule has 0 saturated carbocycles. The van der Waals surface area contributed by atoms with Gasteiger partial charge in [0.2, 0.25) is 0 Å².